The minimum Gasteiger partial charge on any atom is -0.313 e. The van der Waals surface area contributed by atoms with E-state index in [1.807, 2.05) is 13.0 Å². The van der Waals surface area contributed by atoms with Crippen molar-refractivity contribution in [3.05, 3.63) is 11.6 Å². The van der Waals surface area contributed by atoms with Crippen LogP contribution in [0.4, 0.5) is 8.78 Å². The summed E-state index contributed by atoms with van der Waals surface area (Å²) in [7, 11) is 0. The average Bonchev–Trinajstić information content (AvgIpc) is 2.56. The zero-order valence-corrected chi connectivity index (χ0v) is 8.26. The van der Waals surface area contributed by atoms with E-state index in [0.29, 0.717) is 12.0 Å². The van der Waals surface area contributed by atoms with Crippen LogP contribution < -0.4 is 5.32 Å². The molecule has 0 spiro atoms. The molecule has 0 aromatic rings. The number of hydrogen-bond acceptors (Lipinski definition) is 1. The second-order valence-electron chi connectivity index (χ2n) is 5.02. The molecule has 4 unspecified atom stereocenters. The Morgan fingerprint density at radius 2 is 2.21 bits per heavy atom. The molecule has 2 aliphatic heterocycles. The molecule has 2 aliphatic carbocycles. The Hall–Kier alpha value is -0.440. The Kier molecular flexibility index (Phi) is 1.62. The fourth-order valence-electron chi connectivity index (χ4n) is 3.01. The van der Waals surface area contributed by atoms with Crippen LogP contribution in [-0.2, 0) is 0 Å². The molecule has 4 aliphatic rings. The zero-order chi connectivity index (χ0) is 9.92. The molecule has 2 heterocycles. The lowest BCUT2D eigenvalue weighted by Crippen LogP contribution is -2.37. The van der Waals surface area contributed by atoms with E-state index in [9.17, 15) is 8.78 Å². The molecule has 78 valence electrons. The van der Waals surface area contributed by atoms with E-state index in [4.69, 9.17) is 0 Å². The van der Waals surface area contributed by atoms with E-state index in [1.54, 1.807) is 0 Å². The molecule has 0 radical (unpaired) electrons. The number of fused-ring (bicyclic) bond motifs is 1. The van der Waals surface area contributed by atoms with Crippen LogP contribution in [0.2, 0.25) is 0 Å². The zero-order valence-electron chi connectivity index (χ0n) is 8.26. The first-order chi connectivity index (χ1) is 6.58. The summed E-state index contributed by atoms with van der Waals surface area (Å²) in [6, 6.07) is 0.587. The van der Waals surface area contributed by atoms with E-state index in [2.05, 4.69) is 5.32 Å². The standard InChI is InChI=1S/C11H15F2N/c1-6(2-8-4-11(8,12)13)10-7-3-9(10)14-5-7/h2,7-10,14H,3-5H2,1H3/b6-2+. The topological polar surface area (TPSA) is 12.0 Å². The summed E-state index contributed by atoms with van der Waals surface area (Å²) in [6.07, 6.45) is 3.13. The Balaban J connectivity index is 1.69. The number of alkyl halides is 2. The predicted octanol–water partition coefficient (Wildman–Crippen LogP) is 2.20. The van der Waals surface area contributed by atoms with E-state index in [1.165, 1.54) is 12.0 Å². The van der Waals surface area contributed by atoms with Gasteiger partial charge in [-0.3, -0.25) is 0 Å². The summed E-state index contributed by atoms with van der Waals surface area (Å²) < 4.78 is 25.4. The number of nitrogens with one attached hydrogen (secondary N) is 1. The van der Waals surface area contributed by atoms with Crippen molar-refractivity contribution in [1.29, 1.82) is 0 Å². The van der Waals surface area contributed by atoms with Gasteiger partial charge in [-0.1, -0.05) is 11.6 Å². The molecule has 0 aromatic carbocycles. The van der Waals surface area contributed by atoms with Gasteiger partial charge in [0, 0.05) is 18.4 Å². The SMILES string of the molecule is C/C(=C\C1CC1(F)F)C1C2CNC1C2. The predicted molar refractivity (Wildman–Crippen MR) is 50.2 cm³/mol. The van der Waals surface area contributed by atoms with Gasteiger partial charge in [0.25, 0.3) is 5.92 Å². The second kappa shape index (κ2) is 2.57. The summed E-state index contributed by atoms with van der Waals surface area (Å²) in [6.45, 7) is 3.10. The summed E-state index contributed by atoms with van der Waals surface area (Å²) in [5.74, 6) is -1.56. The summed E-state index contributed by atoms with van der Waals surface area (Å²) >= 11 is 0. The van der Waals surface area contributed by atoms with Crippen LogP contribution in [0.3, 0.4) is 0 Å². The normalized spacial score (nSPS) is 48.9. The smallest absolute Gasteiger partial charge is 0.255 e. The fraction of sp³-hybridized carbons (Fsp3) is 0.818. The summed E-state index contributed by atoms with van der Waals surface area (Å²) in [4.78, 5) is 0. The molecule has 2 bridgehead atoms. The van der Waals surface area contributed by atoms with Gasteiger partial charge in [0.2, 0.25) is 0 Å². The minimum absolute atomic E-state index is 0.0693. The van der Waals surface area contributed by atoms with Crippen LogP contribution >= 0.6 is 0 Å². The number of rotatable bonds is 2. The molecule has 0 aromatic heterocycles. The highest BCUT2D eigenvalue weighted by atomic mass is 19.3. The van der Waals surface area contributed by atoms with Crippen LogP contribution in [0.1, 0.15) is 19.8 Å². The van der Waals surface area contributed by atoms with Crippen LogP contribution in [0, 0.1) is 17.8 Å². The molecule has 14 heavy (non-hydrogen) atoms. The quantitative estimate of drug-likeness (QED) is 0.672. The third-order valence-electron chi connectivity index (χ3n) is 4.00. The third-order valence-corrected chi connectivity index (χ3v) is 4.00. The molecule has 4 fully saturated rings. The summed E-state index contributed by atoms with van der Waals surface area (Å²) in [5.41, 5.74) is 1.19. The van der Waals surface area contributed by atoms with Crippen molar-refractivity contribution < 1.29 is 8.78 Å². The van der Waals surface area contributed by atoms with Gasteiger partial charge in [0.15, 0.2) is 0 Å². The molecule has 2 saturated heterocycles. The molecule has 3 heteroatoms. The minimum atomic E-state index is -2.39. The van der Waals surface area contributed by atoms with Crippen LogP contribution in [0.15, 0.2) is 11.6 Å². The maximum Gasteiger partial charge on any atom is 0.255 e. The van der Waals surface area contributed by atoms with Crippen LogP contribution in [-0.4, -0.2) is 18.5 Å². The highest BCUT2D eigenvalue weighted by Crippen LogP contribution is 2.52. The van der Waals surface area contributed by atoms with Crippen LogP contribution in [0.5, 0.6) is 0 Å². The molecule has 2 saturated carbocycles. The Morgan fingerprint density at radius 3 is 2.64 bits per heavy atom. The Morgan fingerprint density at radius 1 is 1.50 bits per heavy atom. The number of hydrogen-bond donors (Lipinski definition) is 1. The van der Waals surface area contributed by atoms with Gasteiger partial charge < -0.3 is 5.32 Å². The average molecular weight is 199 g/mol. The third kappa shape index (κ3) is 1.14. The van der Waals surface area contributed by atoms with Crippen molar-refractivity contribution in [2.45, 2.75) is 31.7 Å². The van der Waals surface area contributed by atoms with Crippen molar-refractivity contribution in [2.75, 3.05) is 6.54 Å². The van der Waals surface area contributed by atoms with Gasteiger partial charge in [-0.15, -0.1) is 0 Å². The lowest BCUT2D eigenvalue weighted by molar-refractivity contribution is 0.107. The van der Waals surface area contributed by atoms with Gasteiger partial charge in [0.05, 0.1) is 0 Å². The lowest BCUT2D eigenvalue weighted by atomic mass is 9.70. The molecule has 1 nitrogen and oxygen atoms in total. The molecular weight excluding hydrogens is 184 g/mol. The van der Waals surface area contributed by atoms with E-state index in [0.717, 1.165) is 12.5 Å². The van der Waals surface area contributed by atoms with E-state index >= 15 is 0 Å². The maximum absolute atomic E-state index is 12.7. The van der Waals surface area contributed by atoms with Crippen LogP contribution in [0.25, 0.3) is 0 Å². The monoisotopic (exact) mass is 199 g/mol. The van der Waals surface area contributed by atoms with Crippen molar-refractivity contribution in [3.63, 3.8) is 0 Å². The first-order valence-electron chi connectivity index (χ1n) is 5.37. The first-order valence-corrected chi connectivity index (χ1v) is 5.37. The summed E-state index contributed by atoms with van der Waals surface area (Å²) in [5, 5.41) is 3.41. The molecule has 1 N–H and O–H groups in total. The molecule has 4 rings (SSSR count). The number of allylic oxidation sites excluding steroid dienone is 1. The second-order valence-corrected chi connectivity index (χ2v) is 5.02. The fourth-order valence-corrected chi connectivity index (χ4v) is 3.01. The van der Waals surface area contributed by atoms with Gasteiger partial charge >= 0.3 is 0 Å². The Labute approximate surface area is 82.6 Å². The molecule has 4 atom stereocenters. The van der Waals surface area contributed by atoms with Gasteiger partial charge in [-0.25, -0.2) is 8.78 Å². The van der Waals surface area contributed by atoms with Crippen molar-refractivity contribution in [3.8, 4) is 0 Å². The van der Waals surface area contributed by atoms with Crippen molar-refractivity contribution in [2.24, 2.45) is 17.8 Å². The van der Waals surface area contributed by atoms with Crippen molar-refractivity contribution >= 4 is 0 Å². The largest absolute Gasteiger partial charge is 0.313 e. The van der Waals surface area contributed by atoms with Gasteiger partial charge in [-0.2, -0.15) is 0 Å². The molecular formula is C11H15F2N. The first kappa shape index (κ1) is 8.84. The van der Waals surface area contributed by atoms with E-state index < -0.39 is 11.8 Å². The lowest BCUT2D eigenvalue weighted by Gasteiger charge is -2.35. The maximum atomic E-state index is 12.7. The molecule has 0 amide bonds. The highest BCUT2D eigenvalue weighted by Gasteiger charge is 2.56. The van der Waals surface area contributed by atoms with Crippen molar-refractivity contribution in [1.82, 2.24) is 5.32 Å². The highest BCUT2D eigenvalue weighted by molar-refractivity contribution is 5.23. The van der Waals surface area contributed by atoms with Gasteiger partial charge in [0.1, 0.15) is 0 Å². The van der Waals surface area contributed by atoms with Gasteiger partial charge in [-0.05, 0) is 31.7 Å². The van der Waals surface area contributed by atoms with E-state index in [-0.39, 0.29) is 6.42 Å². The Bertz CT molecular complexity index is 284. The number of halogens is 2.